The molecule has 0 aliphatic heterocycles. The lowest BCUT2D eigenvalue weighted by Crippen LogP contribution is -2.27. The highest BCUT2D eigenvalue weighted by Gasteiger charge is 2.23. The molecule has 2 rings (SSSR count). The van der Waals surface area contributed by atoms with Crippen molar-refractivity contribution in [2.45, 2.75) is 25.2 Å². The molecule has 0 aliphatic carbocycles. The summed E-state index contributed by atoms with van der Waals surface area (Å²) in [5.41, 5.74) is 1.92. The fourth-order valence-corrected chi connectivity index (χ4v) is 4.19. The van der Waals surface area contributed by atoms with Crippen LogP contribution in [0.5, 0.6) is 0 Å². The van der Waals surface area contributed by atoms with Gasteiger partial charge in [0.05, 0.1) is 11.3 Å². The van der Waals surface area contributed by atoms with E-state index in [-0.39, 0.29) is 16.5 Å². The third-order valence-electron chi connectivity index (χ3n) is 3.10. The number of aromatic nitrogens is 2. The molecule has 0 bridgehead atoms. The summed E-state index contributed by atoms with van der Waals surface area (Å²) in [6, 6.07) is 1.66. The first-order valence-electron chi connectivity index (χ1n) is 6.25. The number of aryl methyl sites for hydroxylation is 1. The van der Waals surface area contributed by atoms with E-state index < -0.39 is 10.0 Å². The number of nitrogens with one attached hydrogen (secondary N) is 2. The molecule has 8 heteroatoms. The Kier molecular flexibility index (Phi) is 4.93. The summed E-state index contributed by atoms with van der Waals surface area (Å²) < 4.78 is 27.4. The fourth-order valence-electron chi connectivity index (χ4n) is 1.95. The Morgan fingerprint density at radius 2 is 2.05 bits per heavy atom. The Bertz CT molecular complexity index is 717. The van der Waals surface area contributed by atoms with Gasteiger partial charge in [-0.05, 0) is 31.0 Å². The molecular weight excluding hydrogens is 333 g/mol. The van der Waals surface area contributed by atoms with Gasteiger partial charge in [0.15, 0.2) is 0 Å². The fraction of sp³-hybridized carbons (Fsp3) is 0.308. The zero-order valence-electron chi connectivity index (χ0n) is 11.6. The Labute approximate surface area is 133 Å². The van der Waals surface area contributed by atoms with Crippen LogP contribution < -0.4 is 4.72 Å². The Hall–Kier alpha value is -1.08. The zero-order chi connectivity index (χ0) is 15.6. The molecule has 2 aromatic rings. The first-order valence-corrected chi connectivity index (χ1v) is 8.49. The van der Waals surface area contributed by atoms with Gasteiger partial charge < -0.3 is 4.98 Å². The Balaban J connectivity index is 2.23. The van der Waals surface area contributed by atoms with Crippen LogP contribution in [0.1, 0.15) is 16.8 Å². The summed E-state index contributed by atoms with van der Waals surface area (Å²) >= 11 is 12.2. The molecule has 0 spiro atoms. The molecule has 21 heavy (non-hydrogen) atoms. The molecule has 0 saturated carbocycles. The van der Waals surface area contributed by atoms with E-state index in [2.05, 4.69) is 14.7 Å². The lowest BCUT2D eigenvalue weighted by atomic mass is 10.2. The molecule has 0 fully saturated rings. The predicted molar refractivity (Wildman–Crippen MR) is 83.4 cm³/mol. The van der Waals surface area contributed by atoms with Gasteiger partial charge in [-0.2, -0.15) is 0 Å². The van der Waals surface area contributed by atoms with Crippen LogP contribution in [0.3, 0.4) is 0 Å². The third kappa shape index (κ3) is 3.58. The maximum Gasteiger partial charge on any atom is 0.242 e. The first kappa shape index (κ1) is 16.3. The molecule has 0 saturated heterocycles. The second kappa shape index (κ2) is 6.36. The number of aromatic amines is 1. The summed E-state index contributed by atoms with van der Waals surface area (Å²) in [6.45, 7) is 3.60. The summed E-state index contributed by atoms with van der Waals surface area (Å²) in [5, 5.41) is 0.580. The van der Waals surface area contributed by atoms with E-state index in [4.69, 9.17) is 23.2 Å². The van der Waals surface area contributed by atoms with Crippen molar-refractivity contribution >= 4 is 33.2 Å². The van der Waals surface area contributed by atoms with Crippen LogP contribution >= 0.6 is 23.2 Å². The molecule has 1 aromatic carbocycles. The smallest absolute Gasteiger partial charge is 0.242 e. The maximum absolute atomic E-state index is 12.4. The summed E-state index contributed by atoms with van der Waals surface area (Å²) in [6.07, 6.45) is 3.71. The average Bonchev–Trinajstić information content (AvgIpc) is 2.89. The second-order valence-electron chi connectivity index (χ2n) is 4.67. The van der Waals surface area contributed by atoms with Crippen LogP contribution in [-0.2, 0) is 16.4 Å². The number of imidazole rings is 1. The van der Waals surface area contributed by atoms with Gasteiger partial charge in [-0.1, -0.05) is 23.2 Å². The molecule has 0 aliphatic rings. The molecule has 2 N–H and O–H groups in total. The molecule has 0 unspecified atom stereocenters. The molecule has 0 radical (unpaired) electrons. The van der Waals surface area contributed by atoms with E-state index in [1.54, 1.807) is 32.4 Å². The molecule has 5 nitrogen and oxygen atoms in total. The van der Waals surface area contributed by atoms with Gasteiger partial charge in [0, 0.05) is 29.9 Å². The monoisotopic (exact) mass is 347 g/mol. The number of halogens is 2. The summed E-state index contributed by atoms with van der Waals surface area (Å²) in [5.74, 6) is 0. The molecular formula is C13H15Cl2N3O2S. The van der Waals surface area contributed by atoms with Crippen LogP contribution in [0.25, 0.3) is 0 Å². The van der Waals surface area contributed by atoms with Crippen molar-refractivity contribution < 1.29 is 8.42 Å². The number of benzene rings is 1. The molecule has 1 heterocycles. The van der Waals surface area contributed by atoms with Crippen LogP contribution in [0.4, 0.5) is 0 Å². The Morgan fingerprint density at radius 1 is 1.33 bits per heavy atom. The lowest BCUT2D eigenvalue weighted by molar-refractivity contribution is 0.580. The van der Waals surface area contributed by atoms with E-state index >= 15 is 0 Å². The molecule has 114 valence electrons. The van der Waals surface area contributed by atoms with Crippen molar-refractivity contribution in [3.63, 3.8) is 0 Å². The van der Waals surface area contributed by atoms with E-state index in [0.29, 0.717) is 22.6 Å². The maximum atomic E-state index is 12.4. The van der Waals surface area contributed by atoms with E-state index in [0.717, 1.165) is 5.69 Å². The predicted octanol–water partition coefficient (Wildman–Crippen LogP) is 2.85. The van der Waals surface area contributed by atoms with Crippen molar-refractivity contribution in [2.24, 2.45) is 0 Å². The lowest BCUT2D eigenvalue weighted by Gasteiger charge is -2.14. The van der Waals surface area contributed by atoms with Gasteiger partial charge in [-0.3, -0.25) is 0 Å². The van der Waals surface area contributed by atoms with Gasteiger partial charge in [-0.15, -0.1) is 0 Å². The van der Waals surface area contributed by atoms with Crippen LogP contribution in [0.15, 0.2) is 23.5 Å². The Morgan fingerprint density at radius 3 is 2.67 bits per heavy atom. The minimum absolute atomic E-state index is 0.0405. The first-order chi connectivity index (χ1) is 9.83. The van der Waals surface area contributed by atoms with E-state index in [9.17, 15) is 8.42 Å². The number of rotatable bonds is 5. The van der Waals surface area contributed by atoms with Crippen LogP contribution in [0.2, 0.25) is 10.0 Å². The molecule has 0 amide bonds. The van der Waals surface area contributed by atoms with E-state index in [1.807, 2.05) is 0 Å². The van der Waals surface area contributed by atoms with Crippen LogP contribution in [-0.4, -0.2) is 24.9 Å². The average molecular weight is 348 g/mol. The standard InChI is InChI=1S/C13H15Cl2N3O2S/c1-8-5-11(14)9(2)13(12(8)15)21(19,20)18-4-3-10-6-16-7-17-10/h5-7,18H,3-4H2,1-2H3,(H,16,17). The summed E-state index contributed by atoms with van der Waals surface area (Å²) in [4.78, 5) is 6.83. The van der Waals surface area contributed by atoms with Crippen molar-refractivity contribution in [3.8, 4) is 0 Å². The zero-order valence-corrected chi connectivity index (χ0v) is 13.9. The number of H-pyrrole nitrogens is 1. The van der Waals surface area contributed by atoms with Crippen molar-refractivity contribution in [1.29, 1.82) is 0 Å². The van der Waals surface area contributed by atoms with Gasteiger partial charge in [0.2, 0.25) is 10.0 Å². The highest BCUT2D eigenvalue weighted by molar-refractivity contribution is 7.89. The highest BCUT2D eigenvalue weighted by Crippen LogP contribution is 2.33. The van der Waals surface area contributed by atoms with E-state index in [1.165, 1.54) is 0 Å². The van der Waals surface area contributed by atoms with Crippen molar-refractivity contribution in [1.82, 2.24) is 14.7 Å². The SMILES string of the molecule is Cc1cc(Cl)c(C)c(S(=O)(=O)NCCc2cnc[nH]2)c1Cl. The van der Waals surface area contributed by atoms with Crippen LogP contribution in [0, 0.1) is 13.8 Å². The normalized spacial score (nSPS) is 11.8. The minimum atomic E-state index is -3.72. The largest absolute Gasteiger partial charge is 0.348 e. The third-order valence-corrected chi connectivity index (χ3v) is 5.72. The number of nitrogens with zero attached hydrogens (tertiary/aromatic N) is 1. The minimum Gasteiger partial charge on any atom is -0.348 e. The van der Waals surface area contributed by atoms with Gasteiger partial charge >= 0.3 is 0 Å². The van der Waals surface area contributed by atoms with Gasteiger partial charge in [0.1, 0.15) is 4.90 Å². The van der Waals surface area contributed by atoms with Gasteiger partial charge in [-0.25, -0.2) is 18.1 Å². The quantitative estimate of drug-likeness (QED) is 0.873. The molecule has 1 aromatic heterocycles. The topological polar surface area (TPSA) is 74.8 Å². The number of hydrogen-bond donors (Lipinski definition) is 2. The number of sulfonamides is 1. The molecule has 0 atom stereocenters. The van der Waals surface area contributed by atoms with Gasteiger partial charge in [0.25, 0.3) is 0 Å². The second-order valence-corrected chi connectivity index (χ2v) is 7.16. The summed E-state index contributed by atoms with van der Waals surface area (Å²) in [7, 11) is -3.72. The van der Waals surface area contributed by atoms with Crippen molar-refractivity contribution in [2.75, 3.05) is 6.54 Å². The number of hydrogen-bond acceptors (Lipinski definition) is 3. The highest BCUT2D eigenvalue weighted by atomic mass is 35.5. The van der Waals surface area contributed by atoms with Crippen molar-refractivity contribution in [3.05, 3.63) is 45.5 Å².